The summed E-state index contributed by atoms with van der Waals surface area (Å²) < 4.78 is 0. The molecule has 0 spiro atoms. The van der Waals surface area contributed by atoms with Crippen LogP contribution in [0.2, 0.25) is 0 Å². The molecular weight excluding hydrogens is 208 g/mol. The lowest BCUT2D eigenvalue weighted by Crippen LogP contribution is -2.48. The van der Waals surface area contributed by atoms with Crippen LogP contribution < -0.4 is 5.32 Å². The molecule has 1 aromatic rings. The molecule has 0 amide bonds. The fourth-order valence-corrected chi connectivity index (χ4v) is 2.96. The number of nitrogens with zero attached hydrogens (tertiary/aromatic N) is 1. The second-order valence-electron chi connectivity index (χ2n) is 5.15. The van der Waals surface area contributed by atoms with E-state index < -0.39 is 0 Å². The molecule has 2 nitrogen and oxygen atoms in total. The largest absolute Gasteiger partial charge is 0.315 e. The standard InChI is InChI=1S/C15H24N2/c1-16-14-10-6-7-11-15(14)17(2)12-13-8-4-3-5-9-13/h3-5,8-9,14-16H,6-7,10-12H2,1-2H3. The normalized spacial score (nSPS) is 25.1. The van der Waals surface area contributed by atoms with Gasteiger partial charge in [0.1, 0.15) is 0 Å². The first-order valence-electron chi connectivity index (χ1n) is 6.72. The first-order chi connectivity index (χ1) is 8.31. The highest BCUT2D eigenvalue weighted by molar-refractivity contribution is 5.14. The van der Waals surface area contributed by atoms with E-state index in [-0.39, 0.29) is 0 Å². The molecule has 0 saturated heterocycles. The van der Waals surface area contributed by atoms with Crippen LogP contribution >= 0.6 is 0 Å². The highest BCUT2D eigenvalue weighted by atomic mass is 15.2. The average molecular weight is 232 g/mol. The van der Waals surface area contributed by atoms with Gasteiger partial charge in [-0.25, -0.2) is 0 Å². The fraction of sp³-hybridized carbons (Fsp3) is 0.600. The number of hydrogen-bond donors (Lipinski definition) is 1. The predicted octanol–water partition coefficient (Wildman–Crippen LogP) is 2.65. The Bertz CT molecular complexity index is 323. The molecular formula is C15H24N2. The second-order valence-corrected chi connectivity index (χ2v) is 5.15. The zero-order valence-electron chi connectivity index (χ0n) is 11.0. The van der Waals surface area contributed by atoms with Gasteiger partial charge in [0.2, 0.25) is 0 Å². The summed E-state index contributed by atoms with van der Waals surface area (Å²) >= 11 is 0. The molecule has 2 atom stereocenters. The molecule has 2 heteroatoms. The summed E-state index contributed by atoms with van der Waals surface area (Å²) in [5.74, 6) is 0. The van der Waals surface area contributed by atoms with Crippen molar-refractivity contribution in [2.45, 2.75) is 44.3 Å². The molecule has 2 unspecified atom stereocenters. The number of rotatable bonds is 4. The summed E-state index contributed by atoms with van der Waals surface area (Å²) in [6.45, 7) is 1.06. The van der Waals surface area contributed by atoms with Gasteiger partial charge in [-0.15, -0.1) is 0 Å². The van der Waals surface area contributed by atoms with E-state index in [0.29, 0.717) is 12.1 Å². The van der Waals surface area contributed by atoms with Crippen molar-refractivity contribution in [3.63, 3.8) is 0 Å². The van der Waals surface area contributed by atoms with Gasteiger partial charge in [0.25, 0.3) is 0 Å². The summed E-state index contributed by atoms with van der Waals surface area (Å²) in [5, 5.41) is 3.48. The lowest BCUT2D eigenvalue weighted by atomic mass is 9.89. The number of nitrogens with one attached hydrogen (secondary N) is 1. The van der Waals surface area contributed by atoms with Crippen LogP contribution in [0.3, 0.4) is 0 Å². The molecule has 1 N–H and O–H groups in total. The minimum atomic E-state index is 0.664. The third-order valence-electron chi connectivity index (χ3n) is 3.94. The number of benzene rings is 1. The van der Waals surface area contributed by atoms with Crippen molar-refractivity contribution in [1.29, 1.82) is 0 Å². The molecule has 0 aromatic heterocycles. The van der Waals surface area contributed by atoms with E-state index in [1.165, 1.54) is 31.2 Å². The van der Waals surface area contributed by atoms with Crippen molar-refractivity contribution in [2.24, 2.45) is 0 Å². The number of likely N-dealkylation sites (N-methyl/N-ethyl adjacent to an activating group) is 2. The Morgan fingerprint density at radius 3 is 2.59 bits per heavy atom. The average Bonchev–Trinajstić information content (AvgIpc) is 2.40. The fourth-order valence-electron chi connectivity index (χ4n) is 2.96. The molecule has 1 saturated carbocycles. The van der Waals surface area contributed by atoms with Gasteiger partial charge in [0.15, 0.2) is 0 Å². The third kappa shape index (κ3) is 3.30. The monoisotopic (exact) mass is 232 g/mol. The Morgan fingerprint density at radius 2 is 1.88 bits per heavy atom. The van der Waals surface area contributed by atoms with Gasteiger partial charge in [0.05, 0.1) is 0 Å². The molecule has 17 heavy (non-hydrogen) atoms. The van der Waals surface area contributed by atoms with Gasteiger partial charge in [-0.1, -0.05) is 43.2 Å². The van der Waals surface area contributed by atoms with Crippen molar-refractivity contribution >= 4 is 0 Å². The summed E-state index contributed by atoms with van der Waals surface area (Å²) in [5.41, 5.74) is 1.41. The van der Waals surface area contributed by atoms with Crippen LogP contribution in [-0.2, 0) is 6.54 Å². The van der Waals surface area contributed by atoms with E-state index in [9.17, 15) is 0 Å². The second kappa shape index (κ2) is 6.18. The van der Waals surface area contributed by atoms with Crippen molar-refractivity contribution in [3.8, 4) is 0 Å². The van der Waals surface area contributed by atoms with E-state index in [2.05, 4.69) is 54.6 Å². The van der Waals surface area contributed by atoms with Crippen LogP contribution in [0, 0.1) is 0 Å². The van der Waals surface area contributed by atoms with Gasteiger partial charge in [-0.2, -0.15) is 0 Å². The van der Waals surface area contributed by atoms with Gasteiger partial charge in [0, 0.05) is 18.6 Å². The lowest BCUT2D eigenvalue weighted by Gasteiger charge is -2.38. The molecule has 1 aliphatic carbocycles. The molecule has 0 bridgehead atoms. The third-order valence-corrected chi connectivity index (χ3v) is 3.94. The van der Waals surface area contributed by atoms with Crippen LogP contribution in [0.5, 0.6) is 0 Å². The Kier molecular flexibility index (Phi) is 4.57. The van der Waals surface area contributed by atoms with Crippen LogP contribution in [0.25, 0.3) is 0 Å². The summed E-state index contributed by atoms with van der Waals surface area (Å²) in [4.78, 5) is 2.51. The maximum atomic E-state index is 3.48. The van der Waals surface area contributed by atoms with Crippen molar-refractivity contribution in [2.75, 3.05) is 14.1 Å². The van der Waals surface area contributed by atoms with E-state index >= 15 is 0 Å². The zero-order chi connectivity index (χ0) is 12.1. The highest BCUT2D eigenvalue weighted by Crippen LogP contribution is 2.23. The predicted molar refractivity (Wildman–Crippen MR) is 73.0 cm³/mol. The minimum Gasteiger partial charge on any atom is -0.315 e. The first kappa shape index (κ1) is 12.6. The maximum absolute atomic E-state index is 3.48. The van der Waals surface area contributed by atoms with Crippen molar-refractivity contribution in [1.82, 2.24) is 10.2 Å². The van der Waals surface area contributed by atoms with Gasteiger partial charge >= 0.3 is 0 Å². The highest BCUT2D eigenvalue weighted by Gasteiger charge is 2.26. The molecule has 1 fully saturated rings. The van der Waals surface area contributed by atoms with Crippen molar-refractivity contribution < 1.29 is 0 Å². The Morgan fingerprint density at radius 1 is 1.18 bits per heavy atom. The summed E-state index contributed by atoms with van der Waals surface area (Å²) in [7, 11) is 4.35. The van der Waals surface area contributed by atoms with E-state index in [0.717, 1.165) is 6.54 Å². The molecule has 2 rings (SSSR count). The SMILES string of the molecule is CNC1CCCCC1N(C)Cc1ccccc1. The first-order valence-corrected chi connectivity index (χ1v) is 6.72. The van der Waals surface area contributed by atoms with Crippen LogP contribution in [-0.4, -0.2) is 31.1 Å². The van der Waals surface area contributed by atoms with E-state index in [1.807, 2.05) is 0 Å². The Labute approximate surface area is 105 Å². The quantitative estimate of drug-likeness (QED) is 0.858. The van der Waals surface area contributed by atoms with Gasteiger partial charge in [-0.3, -0.25) is 4.90 Å². The number of hydrogen-bond acceptors (Lipinski definition) is 2. The molecule has 94 valence electrons. The van der Waals surface area contributed by atoms with E-state index in [1.54, 1.807) is 0 Å². The molecule has 0 heterocycles. The summed E-state index contributed by atoms with van der Waals surface area (Å²) in [6.07, 6.45) is 5.40. The van der Waals surface area contributed by atoms with Crippen molar-refractivity contribution in [3.05, 3.63) is 35.9 Å². The molecule has 0 aliphatic heterocycles. The van der Waals surface area contributed by atoms with Crippen LogP contribution in [0.4, 0.5) is 0 Å². The minimum absolute atomic E-state index is 0.664. The summed E-state index contributed by atoms with van der Waals surface area (Å²) in [6, 6.07) is 12.1. The smallest absolute Gasteiger partial charge is 0.0249 e. The van der Waals surface area contributed by atoms with Gasteiger partial charge in [-0.05, 0) is 32.5 Å². The van der Waals surface area contributed by atoms with Crippen LogP contribution in [0.15, 0.2) is 30.3 Å². The Hall–Kier alpha value is -0.860. The van der Waals surface area contributed by atoms with E-state index in [4.69, 9.17) is 0 Å². The van der Waals surface area contributed by atoms with Gasteiger partial charge < -0.3 is 5.32 Å². The molecule has 1 aliphatic rings. The zero-order valence-corrected chi connectivity index (χ0v) is 11.0. The topological polar surface area (TPSA) is 15.3 Å². The molecule has 0 radical (unpaired) electrons. The molecule has 1 aromatic carbocycles. The van der Waals surface area contributed by atoms with Crippen LogP contribution in [0.1, 0.15) is 31.2 Å². The Balaban J connectivity index is 1.96. The maximum Gasteiger partial charge on any atom is 0.0249 e. The lowest BCUT2D eigenvalue weighted by molar-refractivity contribution is 0.147.